The molecule has 0 aromatic heterocycles. The zero-order valence-electron chi connectivity index (χ0n) is 15.3. The summed E-state index contributed by atoms with van der Waals surface area (Å²) in [4.78, 5) is 5.02. The Kier molecular flexibility index (Phi) is 5.25. The zero-order valence-corrected chi connectivity index (χ0v) is 15.3. The molecule has 0 atom stereocenters. The molecule has 0 unspecified atom stereocenters. The second-order valence-corrected chi connectivity index (χ2v) is 7.79. The van der Waals surface area contributed by atoms with Gasteiger partial charge >= 0.3 is 0 Å². The van der Waals surface area contributed by atoms with E-state index in [1.807, 2.05) is 0 Å². The molecule has 1 saturated heterocycles. The van der Waals surface area contributed by atoms with Gasteiger partial charge in [0, 0.05) is 31.9 Å². The minimum absolute atomic E-state index is 0.421. The second-order valence-electron chi connectivity index (χ2n) is 7.79. The Morgan fingerprint density at radius 3 is 2.21 bits per heavy atom. The van der Waals surface area contributed by atoms with E-state index < -0.39 is 0 Å². The molecule has 128 valence electrons. The van der Waals surface area contributed by atoms with Crippen LogP contribution in [0.25, 0.3) is 0 Å². The molecule has 0 aliphatic carbocycles. The fourth-order valence-corrected chi connectivity index (χ4v) is 3.82. The van der Waals surface area contributed by atoms with Crippen molar-refractivity contribution in [3.63, 3.8) is 0 Å². The number of aryl methyl sites for hydroxylation is 1. The van der Waals surface area contributed by atoms with Crippen LogP contribution in [0.3, 0.4) is 0 Å². The molecule has 2 nitrogen and oxygen atoms in total. The highest BCUT2D eigenvalue weighted by Crippen LogP contribution is 2.34. The van der Waals surface area contributed by atoms with Crippen molar-refractivity contribution in [1.82, 2.24) is 4.90 Å². The lowest BCUT2D eigenvalue weighted by atomic mass is 9.79. The van der Waals surface area contributed by atoms with E-state index in [0.717, 1.165) is 6.54 Å². The fraction of sp³-hybridized carbons (Fsp3) is 0.455. The molecule has 1 aliphatic rings. The van der Waals surface area contributed by atoms with Crippen molar-refractivity contribution in [3.8, 4) is 0 Å². The van der Waals surface area contributed by atoms with Gasteiger partial charge < -0.3 is 9.80 Å². The maximum absolute atomic E-state index is 2.54. The van der Waals surface area contributed by atoms with Gasteiger partial charge in [0.15, 0.2) is 0 Å². The average molecular weight is 322 g/mol. The molecule has 0 N–H and O–H groups in total. The Hall–Kier alpha value is -1.80. The summed E-state index contributed by atoms with van der Waals surface area (Å²) in [6.07, 6.45) is 2.53. The quantitative estimate of drug-likeness (QED) is 0.785. The lowest BCUT2D eigenvalue weighted by Crippen LogP contribution is -2.43. The van der Waals surface area contributed by atoms with Crippen LogP contribution in [0, 0.1) is 12.3 Å². The first-order chi connectivity index (χ1) is 11.5. The number of piperidine rings is 1. The van der Waals surface area contributed by atoms with Gasteiger partial charge in [-0.15, -0.1) is 0 Å². The van der Waals surface area contributed by atoms with Crippen LogP contribution >= 0.6 is 0 Å². The lowest BCUT2D eigenvalue weighted by molar-refractivity contribution is 0.152. The first-order valence-electron chi connectivity index (χ1n) is 9.08. The highest BCUT2D eigenvalue weighted by molar-refractivity contribution is 5.47. The predicted molar refractivity (Wildman–Crippen MR) is 104 cm³/mol. The van der Waals surface area contributed by atoms with Gasteiger partial charge in [0.05, 0.1) is 0 Å². The van der Waals surface area contributed by atoms with Crippen LogP contribution in [0.15, 0.2) is 54.6 Å². The van der Waals surface area contributed by atoms with Gasteiger partial charge in [0.2, 0.25) is 0 Å². The van der Waals surface area contributed by atoms with Crippen LogP contribution in [0.1, 0.15) is 30.9 Å². The van der Waals surface area contributed by atoms with Crippen LogP contribution in [-0.2, 0) is 6.54 Å². The molecule has 1 heterocycles. The Labute approximate surface area is 147 Å². The van der Waals surface area contributed by atoms with Crippen LogP contribution in [0.4, 0.5) is 5.69 Å². The van der Waals surface area contributed by atoms with Gasteiger partial charge in [-0.1, -0.05) is 55.0 Å². The number of anilines is 1. The summed E-state index contributed by atoms with van der Waals surface area (Å²) in [6, 6.07) is 19.8. The Balaban J connectivity index is 1.53. The van der Waals surface area contributed by atoms with Crippen molar-refractivity contribution in [3.05, 3.63) is 65.7 Å². The van der Waals surface area contributed by atoms with E-state index in [1.165, 1.54) is 49.3 Å². The first-order valence-corrected chi connectivity index (χ1v) is 9.08. The molecule has 1 fully saturated rings. The summed E-state index contributed by atoms with van der Waals surface area (Å²) in [7, 11) is 2.25. The molecule has 2 aromatic carbocycles. The molecule has 0 radical (unpaired) electrons. The first kappa shape index (κ1) is 17.0. The number of benzene rings is 2. The number of hydrogen-bond donors (Lipinski definition) is 0. The number of nitrogens with zero attached hydrogens (tertiary/aromatic N) is 2. The highest BCUT2D eigenvalue weighted by atomic mass is 15.1. The minimum atomic E-state index is 0.421. The normalized spacial score (nSPS) is 17.2. The summed E-state index contributed by atoms with van der Waals surface area (Å²) >= 11 is 0. The van der Waals surface area contributed by atoms with Crippen molar-refractivity contribution in [1.29, 1.82) is 0 Å². The van der Waals surface area contributed by atoms with Gasteiger partial charge in [-0.2, -0.15) is 0 Å². The molecule has 0 bridgehead atoms. The summed E-state index contributed by atoms with van der Waals surface area (Å²) < 4.78 is 0. The molecule has 2 heteroatoms. The maximum Gasteiger partial charge on any atom is 0.0366 e. The second kappa shape index (κ2) is 7.40. The molecule has 0 amide bonds. The van der Waals surface area contributed by atoms with E-state index in [2.05, 4.69) is 85.3 Å². The largest absolute Gasteiger partial charge is 0.371 e. The standard InChI is InChI=1S/C22H30N2/c1-19-9-11-21(12-10-19)24-15-13-22(2,14-16-24)18-23(3)17-20-7-5-4-6-8-20/h4-12H,13-18H2,1-3H3. The molecule has 0 spiro atoms. The molecular formula is C22H30N2. The van der Waals surface area contributed by atoms with E-state index in [1.54, 1.807) is 0 Å². The SMILES string of the molecule is Cc1ccc(N2CCC(C)(CN(C)Cc3ccccc3)CC2)cc1. The Bertz CT molecular complexity index is 625. The molecule has 0 saturated carbocycles. The fourth-order valence-electron chi connectivity index (χ4n) is 3.82. The van der Waals surface area contributed by atoms with E-state index in [0.29, 0.717) is 5.41 Å². The van der Waals surface area contributed by atoms with Crippen molar-refractivity contribution in [2.75, 3.05) is 31.6 Å². The third-order valence-corrected chi connectivity index (χ3v) is 5.32. The lowest BCUT2D eigenvalue weighted by Gasteiger charge is -2.42. The summed E-state index contributed by atoms with van der Waals surface area (Å²) in [5, 5.41) is 0. The van der Waals surface area contributed by atoms with Gasteiger partial charge in [0.1, 0.15) is 0 Å². The minimum Gasteiger partial charge on any atom is -0.371 e. The summed E-state index contributed by atoms with van der Waals surface area (Å²) in [5.74, 6) is 0. The van der Waals surface area contributed by atoms with Crippen LogP contribution in [0.5, 0.6) is 0 Å². The Morgan fingerprint density at radius 2 is 1.58 bits per heavy atom. The average Bonchev–Trinajstić information content (AvgIpc) is 2.57. The molecule has 24 heavy (non-hydrogen) atoms. The van der Waals surface area contributed by atoms with Gasteiger partial charge in [-0.05, 0) is 49.9 Å². The van der Waals surface area contributed by atoms with Gasteiger partial charge in [-0.25, -0.2) is 0 Å². The van der Waals surface area contributed by atoms with Gasteiger partial charge in [-0.3, -0.25) is 0 Å². The molecule has 2 aromatic rings. The van der Waals surface area contributed by atoms with Crippen molar-refractivity contribution in [2.45, 2.75) is 33.2 Å². The predicted octanol–water partition coefficient (Wildman–Crippen LogP) is 4.73. The van der Waals surface area contributed by atoms with Gasteiger partial charge in [0.25, 0.3) is 0 Å². The third kappa shape index (κ3) is 4.39. The van der Waals surface area contributed by atoms with Crippen LogP contribution in [0.2, 0.25) is 0 Å². The molecule has 1 aliphatic heterocycles. The number of rotatable bonds is 5. The monoisotopic (exact) mass is 322 g/mol. The Morgan fingerprint density at radius 1 is 0.958 bits per heavy atom. The molecular weight excluding hydrogens is 292 g/mol. The zero-order chi connectivity index (χ0) is 17.0. The third-order valence-electron chi connectivity index (χ3n) is 5.32. The summed E-state index contributed by atoms with van der Waals surface area (Å²) in [6.45, 7) is 9.15. The van der Waals surface area contributed by atoms with Crippen LogP contribution in [-0.4, -0.2) is 31.6 Å². The smallest absolute Gasteiger partial charge is 0.0366 e. The van der Waals surface area contributed by atoms with Crippen molar-refractivity contribution < 1.29 is 0 Å². The maximum atomic E-state index is 2.54. The van der Waals surface area contributed by atoms with Crippen molar-refractivity contribution in [2.24, 2.45) is 5.41 Å². The van der Waals surface area contributed by atoms with E-state index in [4.69, 9.17) is 0 Å². The van der Waals surface area contributed by atoms with E-state index in [9.17, 15) is 0 Å². The highest BCUT2D eigenvalue weighted by Gasteiger charge is 2.31. The van der Waals surface area contributed by atoms with Crippen LogP contribution < -0.4 is 4.90 Å². The van der Waals surface area contributed by atoms with E-state index in [-0.39, 0.29) is 0 Å². The topological polar surface area (TPSA) is 6.48 Å². The van der Waals surface area contributed by atoms with E-state index >= 15 is 0 Å². The molecule has 3 rings (SSSR count). The number of hydrogen-bond acceptors (Lipinski definition) is 2. The summed E-state index contributed by atoms with van der Waals surface area (Å²) in [5.41, 5.74) is 4.54. The van der Waals surface area contributed by atoms with Crippen molar-refractivity contribution >= 4 is 5.69 Å².